The van der Waals surface area contributed by atoms with E-state index in [-0.39, 0.29) is 24.8 Å². The first-order chi connectivity index (χ1) is 10.8. The van der Waals surface area contributed by atoms with Crippen LogP contribution < -0.4 is 24.8 Å². The van der Waals surface area contributed by atoms with E-state index >= 15 is 0 Å². The van der Waals surface area contributed by atoms with Gasteiger partial charge >= 0.3 is 145 Å². The summed E-state index contributed by atoms with van der Waals surface area (Å²) in [4.78, 5) is 0. The molecule has 0 aliphatic heterocycles. The van der Waals surface area contributed by atoms with Crippen molar-refractivity contribution < 1.29 is 45.4 Å². The van der Waals surface area contributed by atoms with E-state index < -0.39 is 26.6 Å². The molecule has 0 aromatic carbocycles. The van der Waals surface area contributed by atoms with Crippen LogP contribution in [-0.4, -0.2) is 5.98 Å². The first-order valence-corrected chi connectivity index (χ1v) is 22.6. The molecule has 0 spiro atoms. The minimum atomic E-state index is -1.56. The zero-order valence-electron chi connectivity index (χ0n) is 14.8. The second-order valence-electron chi connectivity index (χ2n) is 7.97. The first kappa shape index (κ1) is 20.9. The quantitative estimate of drug-likeness (QED) is 0.429. The molecule has 24 heavy (non-hydrogen) atoms. The van der Waals surface area contributed by atoms with E-state index in [1.807, 2.05) is 11.1 Å². The zero-order chi connectivity index (χ0) is 15.1. The summed E-state index contributed by atoms with van der Waals surface area (Å²) in [5.41, 5.74) is 3.86. The van der Waals surface area contributed by atoms with Gasteiger partial charge in [-0.2, -0.15) is 0 Å². The van der Waals surface area contributed by atoms with Crippen LogP contribution in [0.4, 0.5) is 0 Å². The molecule has 4 aliphatic rings. The minimum Gasteiger partial charge on any atom is -1.00 e. The van der Waals surface area contributed by atoms with E-state index in [9.17, 15) is 0 Å². The predicted octanol–water partition coefficient (Wildman–Crippen LogP) is -0.234. The van der Waals surface area contributed by atoms with E-state index in [1.54, 1.807) is 12.8 Å². The van der Waals surface area contributed by atoms with Crippen molar-refractivity contribution in [3.8, 4) is 0 Å². The Kier molecular flexibility index (Phi) is 7.86. The van der Waals surface area contributed by atoms with Crippen molar-refractivity contribution in [2.24, 2.45) is 11.8 Å². The molecule has 0 heterocycles. The summed E-state index contributed by atoms with van der Waals surface area (Å²) in [6.45, 7) is 5.42. The molecule has 0 aromatic heterocycles. The molecule has 2 saturated carbocycles. The molecular weight excluding hydrogens is 518 g/mol. The van der Waals surface area contributed by atoms with Gasteiger partial charge in [0.05, 0.1) is 0 Å². The molecule has 0 radical (unpaired) electrons. The van der Waals surface area contributed by atoms with Gasteiger partial charge in [-0.1, -0.05) is 0 Å². The van der Waals surface area contributed by atoms with Crippen LogP contribution in [0.15, 0.2) is 47.6 Å². The van der Waals surface area contributed by atoms with Crippen LogP contribution in [0.3, 0.4) is 0 Å². The van der Waals surface area contributed by atoms with Crippen molar-refractivity contribution in [3.63, 3.8) is 0 Å². The zero-order valence-corrected chi connectivity index (χ0v) is 21.1. The van der Waals surface area contributed by atoms with Crippen molar-refractivity contribution in [1.29, 1.82) is 0 Å². The summed E-state index contributed by atoms with van der Waals surface area (Å²) in [6, 6.07) is 0. The summed E-state index contributed by atoms with van der Waals surface area (Å²) in [5, 5.41) is 0. The number of halogens is 2. The molecule has 0 aromatic rings. The average molecular weight is 547 g/mol. The van der Waals surface area contributed by atoms with Crippen molar-refractivity contribution in [2.75, 3.05) is 0 Å². The van der Waals surface area contributed by atoms with Gasteiger partial charge in [0, 0.05) is 0 Å². The predicted molar refractivity (Wildman–Crippen MR) is 95.5 cm³/mol. The molecule has 4 heteroatoms. The molecule has 0 amide bonds. The molecule has 0 bridgehead atoms. The molecule has 0 nitrogen and oxygen atoms in total. The van der Waals surface area contributed by atoms with Crippen LogP contribution in [0.25, 0.3) is 0 Å². The summed E-state index contributed by atoms with van der Waals surface area (Å²) in [6.07, 6.45) is 23.5. The number of rotatable bonds is 3. The fraction of sp³-hybridized carbons (Fsp3) is 0.600. The van der Waals surface area contributed by atoms with E-state index in [4.69, 9.17) is 0 Å². The smallest absolute Gasteiger partial charge is 1.00 e. The van der Waals surface area contributed by atoms with Crippen LogP contribution >= 0.6 is 0 Å². The van der Waals surface area contributed by atoms with Gasteiger partial charge in [-0.25, -0.2) is 0 Å². The van der Waals surface area contributed by atoms with E-state index in [0.29, 0.717) is 0 Å². The molecule has 4 rings (SSSR count). The Morgan fingerprint density at radius 3 is 1.67 bits per heavy atom. The van der Waals surface area contributed by atoms with Gasteiger partial charge in [0.2, 0.25) is 0 Å². The third kappa shape index (κ3) is 3.82. The summed E-state index contributed by atoms with van der Waals surface area (Å²) >= 11 is -1.56. The van der Waals surface area contributed by atoms with Gasteiger partial charge < -0.3 is 24.8 Å². The Labute approximate surface area is 168 Å². The Balaban J connectivity index is 0.00000104. The van der Waals surface area contributed by atoms with E-state index in [1.165, 1.54) is 25.7 Å². The van der Waals surface area contributed by atoms with Crippen LogP contribution in [0, 0.1) is 11.8 Å². The third-order valence-corrected chi connectivity index (χ3v) is 39.1. The van der Waals surface area contributed by atoms with Gasteiger partial charge in [-0.3, -0.25) is 0 Å². The van der Waals surface area contributed by atoms with Crippen molar-refractivity contribution in [2.45, 2.75) is 59.0 Å². The molecule has 4 unspecified atom stereocenters. The van der Waals surface area contributed by atoms with Crippen molar-refractivity contribution in [3.05, 3.63) is 47.6 Å². The molecule has 2 fully saturated rings. The van der Waals surface area contributed by atoms with Gasteiger partial charge in [-0.05, 0) is 0 Å². The second kappa shape index (κ2) is 9.02. The van der Waals surface area contributed by atoms with Gasteiger partial charge in [0.25, 0.3) is 0 Å². The minimum absolute atomic E-state index is 0. The molecule has 0 saturated heterocycles. The molecule has 4 aliphatic carbocycles. The maximum Gasteiger partial charge on any atom is -1.00 e. The molecule has 4 atom stereocenters. The standard InChI is InChI=1S/2C9H11.C2H7Si.2ClH.Hf/c2*1-2-5-9-7-3-6-8(9)4-1;1-3-2;;;/h2*1-2,4,6,9H,3,5,7H2;3H,1-2H3;2*1H;/q;;;;;+2/p-2. The molecule has 131 valence electrons. The van der Waals surface area contributed by atoms with Gasteiger partial charge in [0.15, 0.2) is 0 Å². The third-order valence-electron chi connectivity index (χ3n) is 6.52. The number of hydrogen-bond acceptors (Lipinski definition) is 0. The van der Waals surface area contributed by atoms with E-state index in [0.717, 1.165) is 19.2 Å². The van der Waals surface area contributed by atoms with Crippen LogP contribution in [0.1, 0.15) is 38.5 Å². The van der Waals surface area contributed by atoms with Crippen molar-refractivity contribution >= 4 is 5.98 Å². The van der Waals surface area contributed by atoms with Crippen molar-refractivity contribution in [1.82, 2.24) is 0 Å². The Morgan fingerprint density at radius 1 is 0.792 bits per heavy atom. The molecule has 0 N–H and O–H groups in total. The SMILES string of the molecule is C[SiH](C)[Hf+2]([CH]1CCC2CC=CC=C21)[CH]1CCC2CC=CC=C21.[Cl-].[Cl-]. The monoisotopic (exact) mass is 547 g/mol. The largest absolute Gasteiger partial charge is 1.00 e. The van der Waals surface area contributed by atoms with Crippen LogP contribution in [0.5, 0.6) is 0 Å². The maximum atomic E-state index is 2.71. The maximum absolute atomic E-state index is 2.71. The number of fused-ring (bicyclic) bond motifs is 2. The van der Waals surface area contributed by atoms with Crippen LogP contribution in [-0.2, 0) is 20.6 Å². The Hall–Kier alpha value is 0.627. The van der Waals surface area contributed by atoms with Crippen LogP contribution in [0.2, 0.25) is 20.4 Å². The number of hydrogen-bond donors (Lipinski definition) is 0. The van der Waals surface area contributed by atoms with Gasteiger partial charge in [0.1, 0.15) is 0 Å². The Morgan fingerprint density at radius 2 is 1.25 bits per heavy atom. The average Bonchev–Trinajstić information content (AvgIpc) is 3.13. The molecular formula is C20H29Cl2HfSi. The number of allylic oxidation sites excluding steroid dienone is 8. The fourth-order valence-electron chi connectivity index (χ4n) is 5.59. The summed E-state index contributed by atoms with van der Waals surface area (Å²) < 4.78 is 2.25. The van der Waals surface area contributed by atoms with Gasteiger partial charge in [-0.15, -0.1) is 0 Å². The summed E-state index contributed by atoms with van der Waals surface area (Å²) in [5.74, 6) is 1.45. The Bertz CT molecular complexity index is 518. The fourth-order valence-corrected chi connectivity index (χ4v) is 40.9. The summed E-state index contributed by atoms with van der Waals surface area (Å²) in [7, 11) is 0. The first-order valence-electron chi connectivity index (χ1n) is 9.35. The van der Waals surface area contributed by atoms with E-state index in [2.05, 4.69) is 49.6 Å². The normalized spacial score (nSPS) is 33.1. The topological polar surface area (TPSA) is 0 Å². The second-order valence-corrected chi connectivity index (χ2v) is 36.8.